The summed E-state index contributed by atoms with van der Waals surface area (Å²) < 4.78 is 48.2. The first-order chi connectivity index (χ1) is 9.33. The topological polar surface area (TPSA) is 59.3 Å². The van der Waals surface area contributed by atoms with Gasteiger partial charge in [0.2, 0.25) is 0 Å². The lowest BCUT2D eigenvalue weighted by Crippen LogP contribution is -2.13. The predicted octanol–water partition coefficient (Wildman–Crippen LogP) is 2.69. The Morgan fingerprint density at radius 3 is 2.50 bits per heavy atom. The molecule has 1 aromatic carbocycles. The molecule has 0 saturated heterocycles. The summed E-state index contributed by atoms with van der Waals surface area (Å²) >= 11 is 0. The summed E-state index contributed by atoms with van der Waals surface area (Å²) in [6.07, 6.45) is -5.07. The normalized spacial score (nSPS) is 10.8. The fourth-order valence-electron chi connectivity index (χ4n) is 1.70. The maximum absolute atomic E-state index is 12.9. The van der Waals surface area contributed by atoms with Gasteiger partial charge in [-0.2, -0.15) is 18.4 Å². The molecule has 0 spiro atoms. The van der Waals surface area contributed by atoms with Gasteiger partial charge in [-0.3, -0.25) is 4.79 Å². The van der Waals surface area contributed by atoms with Gasteiger partial charge in [0, 0.05) is 5.56 Å². The molecule has 0 bridgehead atoms. The molecule has 0 aliphatic rings. The molecule has 7 heteroatoms. The van der Waals surface area contributed by atoms with E-state index in [2.05, 4.69) is 4.74 Å². The Hall–Kier alpha value is -2.23. The van der Waals surface area contributed by atoms with Gasteiger partial charge in [0.05, 0.1) is 37.3 Å². The number of nitrogens with zero attached hydrogens (tertiary/aromatic N) is 1. The zero-order valence-electron chi connectivity index (χ0n) is 10.9. The van der Waals surface area contributed by atoms with Crippen LogP contribution in [0.5, 0.6) is 5.75 Å². The number of esters is 1. The van der Waals surface area contributed by atoms with Crippen molar-refractivity contribution in [1.82, 2.24) is 0 Å². The van der Waals surface area contributed by atoms with Crippen LogP contribution in [0.15, 0.2) is 12.1 Å². The van der Waals surface area contributed by atoms with Crippen LogP contribution in [0.4, 0.5) is 13.2 Å². The van der Waals surface area contributed by atoms with Crippen LogP contribution < -0.4 is 4.74 Å². The van der Waals surface area contributed by atoms with Gasteiger partial charge in [-0.25, -0.2) is 0 Å². The Morgan fingerprint density at radius 2 is 2.05 bits per heavy atom. The summed E-state index contributed by atoms with van der Waals surface area (Å²) in [5, 5.41) is 8.78. The average Bonchev–Trinajstić information content (AvgIpc) is 2.36. The van der Waals surface area contributed by atoms with E-state index in [4.69, 9.17) is 10.00 Å². The summed E-state index contributed by atoms with van der Waals surface area (Å²) in [6.45, 7) is 1.70. The fourth-order valence-corrected chi connectivity index (χ4v) is 1.70. The highest BCUT2D eigenvalue weighted by molar-refractivity contribution is 5.74. The number of hydrogen-bond donors (Lipinski definition) is 0. The number of ether oxygens (including phenoxy) is 2. The summed E-state index contributed by atoms with van der Waals surface area (Å²) in [5.41, 5.74) is -1.31. The Kier molecular flexibility index (Phi) is 4.97. The first kappa shape index (κ1) is 15.8. The second kappa shape index (κ2) is 6.28. The first-order valence-corrected chi connectivity index (χ1v) is 5.67. The maximum atomic E-state index is 12.9. The quantitative estimate of drug-likeness (QED) is 0.799. The van der Waals surface area contributed by atoms with Crippen molar-refractivity contribution in [2.75, 3.05) is 13.7 Å². The Balaban J connectivity index is 3.35. The molecular weight excluding hydrogens is 275 g/mol. The van der Waals surface area contributed by atoms with Gasteiger partial charge in [-0.1, -0.05) is 0 Å². The second-order valence-electron chi connectivity index (χ2n) is 3.81. The number of methoxy groups -OCH3 is 1. The third-order valence-electron chi connectivity index (χ3n) is 2.44. The van der Waals surface area contributed by atoms with Crippen molar-refractivity contribution in [3.8, 4) is 11.8 Å². The number of rotatable bonds is 4. The van der Waals surface area contributed by atoms with E-state index in [9.17, 15) is 18.0 Å². The van der Waals surface area contributed by atoms with Crippen molar-refractivity contribution in [1.29, 1.82) is 5.26 Å². The van der Waals surface area contributed by atoms with Crippen LogP contribution >= 0.6 is 0 Å². The summed E-state index contributed by atoms with van der Waals surface area (Å²) in [7, 11) is 1.07. The lowest BCUT2D eigenvalue weighted by atomic mass is 10.0. The van der Waals surface area contributed by atoms with Crippen LogP contribution in [-0.2, 0) is 22.1 Å². The van der Waals surface area contributed by atoms with Gasteiger partial charge in [0.25, 0.3) is 0 Å². The van der Waals surface area contributed by atoms with E-state index in [-0.39, 0.29) is 17.7 Å². The molecule has 1 aromatic rings. The van der Waals surface area contributed by atoms with Crippen molar-refractivity contribution in [2.45, 2.75) is 19.5 Å². The van der Waals surface area contributed by atoms with Gasteiger partial charge < -0.3 is 9.47 Å². The zero-order valence-corrected chi connectivity index (χ0v) is 10.9. The first-order valence-electron chi connectivity index (χ1n) is 5.67. The molecule has 0 N–H and O–H groups in total. The van der Waals surface area contributed by atoms with Gasteiger partial charge >= 0.3 is 12.1 Å². The molecule has 0 radical (unpaired) electrons. The smallest absolute Gasteiger partial charge is 0.420 e. The monoisotopic (exact) mass is 287 g/mol. The lowest BCUT2D eigenvalue weighted by molar-refractivity contribution is -0.143. The van der Waals surface area contributed by atoms with Crippen molar-refractivity contribution >= 4 is 5.97 Å². The molecular formula is C13H12F3NO3. The van der Waals surface area contributed by atoms with E-state index in [1.807, 2.05) is 0 Å². The lowest BCUT2D eigenvalue weighted by Gasteiger charge is -2.16. The summed E-state index contributed by atoms with van der Waals surface area (Å²) in [4.78, 5) is 11.4. The SMILES string of the molecule is CCOC(=O)Cc1cc(C#N)cc(C(F)(F)F)c1OC. The second-order valence-corrected chi connectivity index (χ2v) is 3.81. The molecule has 0 heterocycles. The Morgan fingerprint density at radius 1 is 1.40 bits per heavy atom. The van der Waals surface area contributed by atoms with E-state index >= 15 is 0 Å². The molecule has 0 aliphatic carbocycles. The number of carbonyl (C=O) groups excluding carboxylic acids is 1. The number of nitriles is 1. The van der Waals surface area contributed by atoms with Crippen molar-refractivity contribution in [2.24, 2.45) is 0 Å². The van der Waals surface area contributed by atoms with Crippen molar-refractivity contribution in [3.63, 3.8) is 0 Å². The number of alkyl halides is 3. The van der Waals surface area contributed by atoms with Gasteiger partial charge in [-0.05, 0) is 19.1 Å². The molecule has 20 heavy (non-hydrogen) atoms. The molecule has 0 unspecified atom stereocenters. The molecule has 0 fully saturated rings. The minimum absolute atomic E-state index is 0.0303. The van der Waals surface area contributed by atoms with Gasteiger partial charge in [0.1, 0.15) is 5.75 Å². The molecule has 0 aliphatic heterocycles. The molecule has 4 nitrogen and oxygen atoms in total. The third-order valence-corrected chi connectivity index (χ3v) is 2.44. The number of halogens is 3. The molecule has 108 valence electrons. The predicted molar refractivity (Wildman–Crippen MR) is 63.0 cm³/mol. The standard InChI is InChI=1S/C13H12F3NO3/c1-3-20-11(18)6-9-4-8(7-17)5-10(12(9)19-2)13(14,15)16/h4-5H,3,6H2,1-2H3. The highest BCUT2D eigenvalue weighted by Gasteiger charge is 2.36. The van der Waals surface area contributed by atoms with E-state index in [0.29, 0.717) is 6.07 Å². The molecule has 0 atom stereocenters. The average molecular weight is 287 g/mol. The fraction of sp³-hybridized carbons (Fsp3) is 0.385. The van der Waals surface area contributed by atoms with E-state index in [1.165, 1.54) is 6.07 Å². The van der Waals surface area contributed by atoms with Crippen molar-refractivity contribution in [3.05, 3.63) is 28.8 Å². The van der Waals surface area contributed by atoms with Crippen LogP contribution in [0.3, 0.4) is 0 Å². The highest BCUT2D eigenvalue weighted by atomic mass is 19.4. The molecule has 0 aromatic heterocycles. The summed E-state index contributed by atoms with van der Waals surface area (Å²) in [6, 6.07) is 3.50. The van der Waals surface area contributed by atoms with Crippen molar-refractivity contribution < 1.29 is 27.4 Å². The molecule has 0 amide bonds. The van der Waals surface area contributed by atoms with Gasteiger partial charge in [0.15, 0.2) is 0 Å². The van der Waals surface area contributed by atoms with E-state index < -0.39 is 29.9 Å². The van der Waals surface area contributed by atoms with Crippen LogP contribution in [0.2, 0.25) is 0 Å². The third kappa shape index (κ3) is 3.63. The van der Waals surface area contributed by atoms with Gasteiger partial charge in [-0.15, -0.1) is 0 Å². The number of benzene rings is 1. The Bertz CT molecular complexity index is 547. The van der Waals surface area contributed by atoms with Crippen LogP contribution in [0.1, 0.15) is 23.6 Å². The number of carbonyl (C=O) groups is 1. The van der Waals surface area contributed by atoms with E-state index in [1.54, 1.807) is 13.0 Å². The molecule has 1 rings (SSSR count). The maximum Gasteiger partial charge on any atom is 0.420 e. The minimum atomic E-state index is -4.68. The van der Waals surface area contributed by atoms with Crippen LogP contribution in [0, 0.1) is 11.3 Å². The minimum Gasteiger partial charge on any atom is -0.496 e. The van der Waals surface area contributed by atoms with Crippen LogP contribution in [-0.4, -0.2) is 19.7 Å². The van der Waals surface area contributed by atoms with E-state index in [0.717, 1.165) is 7.11 Å². The largest absolute Gasteiger partial charge is 0.496 e. The summed E-state index contributed by atoms with van der Waals surface area (Å²) in [5.74, 6) is -1.15. The Labute approximate surface area is 113 Å². The van der Waals surface area contributed by atoms with Crippen LogP contribution in [0.25, 0.3) is 0 Å². The molecule has 0 saturated carbocycles. The number of hydrogen-bond acceptors (Lipinski definition) is 4. The highest BCUT2D eigenvalue weighted by Crippen LogP contribution is 2.39. The zero-order chi connectivity index (χ0) is 15.3.